The zero-order chi connectivity index (χ0) is 25.2. The number of pyridine rings is 1. The number of amides is 2. The number of alkyl halides is 2. The van der Waals surface area contributed by atoms with Crippen LogP contribution in [0.3, 0.4) is 0 Å². The number of nitrogens with one attached hydrogen (secondary N) is 2. The summed E-state index contributed by atoms with van der Waals surface area (Å²) in [4.78, 5) is 33.2. The Balaban J connectivity index is 1.22. The highest BCUT2D eigenvalue weighted by Crippen LogP contribution is 2.32. The number of nitrogens with zero attached hydrogens (tertiary/aromatic N) is 6. The zero-order valence-corrected chi connectivity index (χ0v) is 19.9. The smallest absolute Gasteiger partial charge is 0.284 e. The summed E-state index contributed by atoms with van der Waals surface area (Å²) in [7, 11) is 0. The molecule has 2 N–H and O–H groups in total. The molecule has 0 radical (unpaired) electrons. The van der Waals surface area contributed by atoms with Gasteiger partial charge >= 0.3 is 0 Å². The van der Waals surface area contributed by atoms with Crippen LogP contribution in [-0.2, 0) is 4.79 Å². The monoisotopic (exact) mass is 498 g/mol. The highest BCUT2D eigenvalue weighted by atomic mass is 19.3. The lowest BCUT2D eigenvalue weighted by Crippen LogP contribution is -2.56. The van der Waals surface area contributed by atoms with Crippen molar-refractivity contribution in [3.63, 3.8) is 0 Å². The molecule has 190 valence electrons. The Kier molecular flexibility index (Phi) is 6.77. The maximum Gasteiger partial charge on any atom is 0.284 e. The second kappa shape index (κ2) is 10.1. The maximum absolute atomic E-state index is 13.7. The van der Waals surface area contributed by atoms with E-state index in [0.717, 1.165) is 25.9 Å². The van der Waals surface area contributed by atoms with E-state index in [0.29, 0.717) is 36.9 Å². The Morgan fingerprint density at radius 3 is 2.61 bits per heavy atom. The van der Waals surface area contributed by atoms with Crippen molar-refractivity contribution in [3.8, 4) is 11.4 Å². The van der Waals surface area contributed by atoms with Crippen LogP contribution in [0.2, 0.25) is 0 Å². The first-order valence-corrected chi connectivity index (χ1v) is 12.1. The lowest BCUT2D eigenvalue weighted by Gasteiger charge is -2.47. The largest absolute Gasteiger partial charge is 0.343 e. The third-order valence-corrected chi connectivity index (χ3v) is 6.87. The van der Waals surface area contributed by atoms with Crippen LogP contribution in [0.15, 0.2) is 36.7 Å². The van der Waals surface area contributed by atoms with E-state index in [-0.39, 0.29) is 23.3 Å². The molecule has 3 aromatic rings. The van der Waals surface area contributed by atoms with E-state index in [9.17, 15) is 18.4 Å². The van der Waals surface area contributed by atoms with Gasteiger partial charge in [-0.3, -0.25) is 24.3 Å². The summed E-state index contributed by atoms with van der Waals surface area (Å²) in [6.07, 6.45) is 2.56. The summed E-state index contributed by atoms with van der Waals surface area (Å²) in [5.74, 6) is -0.412. The molecule has 3 aromatic heterocycles. The number of aromatic amines is 1. The van der Waals surface area contributed by atoms with E-state index in [4.69, 9.17) is 0 Å². The lowest BCUT2D eigenvalue weighted by molar-refractivity contribution is -0.132. The third kappa shape index (κ3) is 4.85. The predicted molar refractivity (Wildman–Crippen MR) is 127 cm³/mol. The Morgan fingerprint density at radius 2 is 1.94 bits per heavy atom. The average molecular weight is 499 g/mol. The number of likely N-dealkylation sites (tertiary alicyclic amines) is 2. The van der Waals surface area contributed by atoms with E-state index in [1.165, 1.54) is 16.9 Å². The van der Waals surface area contributed by atoms with Crippen molar-refractivity contribution in [2.45, 2.75) is 44.7 Å². The molecule has 0 aliphatic carbocycles. The number of anilines is 1. The number of hydrogen-bond acceptors (Lipinski definition) is 6. The van der Waals surface area contributed by atoms with Crippen molar-refractivity contribution in [2.75, 3.05) is 31.5 Å². The summed E-state index contributed by atoms with van der Waals surface area (Å²) < 4.78 is 29.0. The normalized spacial score (nSPS) is 17.4. The van der Waals surface area contributed by atoms with Gasteiger partial charge in [0.1, 0.15) is 5.69 Å². The molecule has 0 atom stereocenters. The van der Waals surface area contributed by atoms with Gasteiger partial charge in [-0.1, -0.05) is 13.0 Å². The van der Waals surface area contributed by atoms with Crippen molar-refractivity contribution in [3.05, 3.63) is 48.0 Å². The summed E-state index contributed by atoms with van der Waals surface area (Å²) in [6.45, 7) is 4.76. The fourth-order valence-corrected chi connectivity index (χ4v) is 4.80. The van der Waals surface area contributed by atoms with Crippen LogP contribution in [0, 0.1) is 0 Å². The van der Waals surface area contributed by atoms with Crippen molar-refractivity contribution in [2.24, 2.45) is 0 Å². The predicted octanol–water partition coefficient (Wildman–Crippen LogP) is 3.12. The summed E-state index contributed by atoms with van der Waals surface area (Å²) in [5.41, 5.74) is 0.775. The van der Waals surface area contributed by atoms with Crippen LogP contribution in [0.5, 0.6) is 0 Å². The number of H-pyrrole nitrogens is 1. The van der Waals surface area contributed by atoms with Crippen molar-refractivity contribution >= 4 is 17.5 Å². The molecule has 0 spiro atoms. The van der Waals surface area contributed by atoms with Gasteiger partial charge in [0.2, 0.25) is 5.91 Å². The minimum atomic E-state index is -2.83. The van der Waals surface area contributed by atoms with E-state index in [1.807, 2.05) is 11.8 Å². The van der Waals surface area contributed by atoms with Gasteiger partial charge in [0.25, 0.3) is 12.3 Å². The van der Waals surface area contributed by atoms with E-state index in [2.05, 4.69) is 30.5 Å². The molecule has 2 aliphatic rings. The molecule has 0 aromatic carbocycles. The van der Waals surface area contributed by atoms with Crippen LogP contribution in [0.25, 0.3) is 11.4 Å². The van der Waals surface area contributed by atoms with Gasteiger partial charge in [-0.2, -0.15) is 10.2 Å². The molecule has 2 saturated heterocycles. The number of carbonyl (C=O) groups is 2. The molecule has 0 saturated carbocycles. The first-order chi connectivity index (χ1) is 17.4. The van der Waals surface area contributed by atoms with Gasteiger partial charge in [-0.25, -0.2) is 13.8 Å². The Hall–Kier alpha value is -3.67. The lowest BCUT2D eigenvalue weighted by atomic mass is 9.97. The molecule has 5 heterocycles. The minimum absolute atomic E-state index is 0.0198. The fourth-order valence-electron chi connectivity index (χ4n) is 4.80. The molecule has 0 unspecified atom stereocenters. The average Bonchev–Trinajstić information content (AvgIpc) is 3.54. The summed E-state index contributed by atoms with van der Waals surface area (Å²) >= 11 is 0. The number of hydrogen-bond donors (Lipinski definition) is 2. The van der Waals surface area contributed by atoms with Crippen molar-refractivity contribution in [1.29, 1.82) is 0 Å². The van der Waals surface area contributed by atoms with Crippen LogP contribution < -0.4 is 5.32 Å². The number of aromatic nitrogens is 5. The zero-order valence-electron chi connectivity index (χ0n) is 19.9. The van der Waals surface area contributed by atoms with Crippen molar-refractivity contribution < 1.29 is 18.4 Å². The first-order valence-electron chi connectivity index (χ1n) is 12.1. The van der Waals surface area contributed by atoms with Gasteiger partial charge in [0.05, 0.1) is 23.1 Å². The Bertz CT molecular complexity index is 1210. The molecule has 5 rings (SSSR count). The van der Waals surface area contributed by atoms with Gasteiger partial charge < -0.3 is 10.2 Å². The SMILES string of the molecule is CCC(=O)N1CCC(N2CC(n3cc(NC(=O)c4cccc(-c5ccn[nH]5)n4)c(C(F)F)n3)C2)CC1. The van der Waals surface area contributed by atoms with Crippen LogP contribution in [-0.4, -0.2) is 78.8 Å². The van der Waals surface area contributed by atoms with Crippen LogP contribution >= 0.6 is 0 Å². The van der Waals surface area contributed by atoms with Gasteiger partial charge in [-0.15, -0.1) is 0 Å². The van der Waals surface area contributed by atoms with Crippen LogP contribution in [0.4, 0.5) is 14.5 Å². The van der Waals surface area contributed by atoms with Crippen LogP contribution in [0.1, 0.15) is 54.8 Å². The maximum atomic E-state index is 13.7. The van der Waals surface area contributed by atoms with Gasteiger partial charge in [0.15, 0.2) is 5.69 Å². The highest BCUT2D eigenvalue weighted by Gasteiger charge is 2.37. The molecular weight excluding hydrogens is 470 g/mol. The quantitative estimate of drug-likeness (QED) is 0.518. The first kappa shape index (κ1) is 24.0. The molecule has 2 amide bonds. The van der Waals surface area contributed by atoms with E-state index < -0.39 is 18.0 Å². The van der Waals surface area contributed by atoms with E-state index in [1.54, 1.807) is 24.4 Å². The van der Waals surface area contributed by atoms with E-state index >= 15 is 0 Å². The number of rotatable bonds is 7. The Labute approximate surface area is 206 Å². The standard InChI is InChI=1S/C24H28F2N8O2/c1-2-21(35)32-10-7-15(8-11-32)33-12-16(13-33)34-14-20(22(31-34)23(25)26)29-24(36)19-5-3-4-17(28-19)18-6-9-27-30-18/h3-6,9,14-16,23H,2,7-8,10-13H2,1H3,(H,27,30)(H,29,36). The van der Waals surface area contributed by atoms with Gasteiger partial charge in [-0.05, 0) is 31.0 Å². The van der Waals surface area contributed by atoms with Crippen molar-refractivity contribution in [1.82, 2.24) is 34.8 Å². The van der Waals surface area contributed by atoms with Gasteiger partial charge in [0, 0.05) is 51.0 Å². The molecule has 36 heavy (non-hydrogen) atoms. The Morgan fingerprint density at radius 1 is 1.17 bits per heavy atom. The molecule has 10 nitrogen and oxygen atoms in total. The summed E-state index contributed by atoms with van der Waals surface area (Å²) in [5, 5.41) is 13.3. The molecule has 2 aliphatic heterocycles. The molecule has 0 bridgehead atoms. The number of piperidine rings is 1. The minimum Gasteiger partial charge on any atom is -0.343 e. The molecule has 12 heteroatoms. The second-order valence-electron chi connectivity index (χ2n) is 9.11. The number of halogens is 2. The number of carbonyl (C=O) groups excluding carboxylic acids is 2. The molecular formula is C24H28F2N8O2. The highest BCUT2D eigenvalue weighted by molar-refractivity contribution is 6.03. The molecule has 2 fully saturated rings. The third-order valence-electron chi connectivity index (χ3n) is 6.87. The topological polar surface area (TPSA) is 112 Å². The summed E-state index contributed by atoms with van der Waals surface area (Å²) in [6, 6.07) is 6.95. The second-order valence-corrected chi connectivity index (χ2v) is 9.11. The fraction of sp³-hybridized carbons (Fsp3) is 0.458.